The van der Waals surface area contributed by atoms with Gasteiger partial charge in [0, 0.05) is 6.54 Å². The predicted molar refractivity (Wildman–Crippen MR) is 51.2 cm³/mol. The smallest absolute Gasteiger partial charge is 0.239 e. The van der Waals surface area contributed by atoms with Crippen molar-refractivity contribution in [3.8, 4) is 0 Å². The lowest BCUT2D eigenvalue weighted by atomic mass is 10.4. The molecule has 0 heterocycles. The summed E-state index contributed by atoms with van der Waals surface area (Å²) < 4.78 is 0. The maximum Gasteiger partial charge on any atom is 0.239 e. The van der Waals surface area contributed by atoms with E-state index in [4.69, 9.17) is 5.84 Å². The van der Waals surface area contributed by atoms with Gasteiger partial charge < -0.3 is 16.1 Å². The van der Waals surface area contributed by atoms with Gasteiger partial charge >= 0.3 is 0 Å². The summed E-state index contributed by atoms with van der Waals surface area (Å²) in [6, 6.07) is 0. The van der Waals surface area contributed by atoms with E-state index in [2.05, 4.69) is 28.3 Å². The lowest BCUT2D eigenvalue weighted by molar-refractivity contribution is -0.119. The zero-order valence-corrected chi connectivity index (χ0v) is 7.83. The van der Waals surface area contributed by atoms with E-state index in [0.717, 1.165) is 6.42 Å². The van der Waals surface area contributed by atoms with Gasteiger partial charge in [-0.15, -0.1) is 0 Å². The first-order valence-electron chi connectivity index (χ1n) is 3.71. The first-order valence-corrected chi connectivity index (χ1v) is 4.12. The predicted octanol–water partition coefficient (Wildman–Crippen LogP) is -1.15. The van der Waals surface area contributed by atoms with Crippen molar-refractivity contribution in [2.24, 2.45) is 5.84 Å². The zero-order valence-electron chi connectivity index (χ0n) is 7.02. The topological polar surface area (TPSA) is 79.2 Å². The van der Waals surface area contributed by atoms with Gasteiger partial charge in [0.25, 0.3) is 0 Å². The Kier molecular flexibility index (Phi) is 6.31. The summed E-state index contributed by atoms with van der Waals surface area (Å²) in [4.78, 5) is 10.9. The monoisotopic (exact) mass is 190 g/mol. The Bertz CT molecular complexity index is 162. The first kappa shape index (κ1) is 11.1. The van der Waals surface area contributed by atoms with E-state index in [9.17, 15) is 4.79 Å². The Morgan fingerprint density at radius 2 is 2.17 bits per heavy atom. The van der Waals surface area contributed by atoms with E-state index >= 15 is 0 Å². The molecule has 0 aliphatic carbocycles. The molecule has 0 rings (SSSR count). The minimum absolute atomic E-state index is 0.0885. The Hall–Kier alpha value is -0.880. The molecular weight excluding hydrogens is 176 g/mol. The third kappa shape index (κ3) is 5.87. The molecule has 1 amide bonds. The molecule has 0 aromatic rings. The third-order valence-electron chi connectivity index (χ3n) is 1.11. The number of amides is 1. The summed E-state index contributed by atoms with van der Waals surface area (Å²) in [6.07, 6.45) is 0.922. The van der Waals surface area contributed by atoms with Gasteiger partial charge in [0.05, 0.1) is 6.54 Å². The second-order valence-corrected chi connectivity index (χ2v) is 2.59. The number of hydrogen-bond acceptors (Lipinski definition) is 3. The number of nitrogens with one attached hydrogen (secondary N) is 3. The standard InChI is InChI=1S/C6H14N4OS/c1-2-3-8-5(11)4-9-6(12)10-7/h2-4,7H2,1H3,(H,8,11)(H2,9,10,12). The minimum atomic E-state index is -0.0885. The number of rotatable bonds is 4. The van der Waals surface area contributed by atoms with Crippen molar-refractivity contribution in [3.05, 3.63) is 0 Å². The van der Waals surface area contributed by atoms with Gasteiger partial charge in [-0.3, -0.25) is 4.79 Å². The van der Waals surface area contributed by atoms with Crippen molar-refractivity contribution in [1.82, 2.24) is 16.1 Å². The molecule has 5 N–H and O–H groups in total. The van der Waals surface area contributed by atoms with E-state index in [1.54, 1.807) is 0 Å². The van der Waals surface area contributed by atoms with Crippen LogP contribution in [0.1, 0.15) is 13.3 Å². The average molecular weight is 190 g/mol. The highest BCUT2D eigenvalue weighted by molar-refractivity contribution is 7.80. The van der Waals surface area contributed by atoms with Gasteiger partial charge in [-0.2, -0.15) is 0 Å². The number of carbonyl (C=O) groups is 1. The van der Waals surface area contributed by atoms with E-state index in [1.165, 1.54) is 0 Å². The molecule has 5 nitrogen and oxygen atoms in total. The van der Waals surface area contributed by atoms with Crippen LogP contribution in [0.3, 0.4) is 0 Å². The van der Waals surface area contributed by atoms with Crippen LogP contribution in [0.25, 0.3) is 0 Å². The van der Waals surface area contributed by atoms with Crippen molar-refractivity contribution >= 4 is 23.2 Å². The largest absolute Gasteiger partial charge is 0.355 e. The summed E-state index contributed by atoms with van der Waals surface area (Å²) in [5.74, 6) is 4.88. The zero-order chi connectivity index (χ0) is 9.40. The maximum absolute atomic E-state index is 10.9. The molecule has 70 valence electrons. The van der Waals surface area contributed by atoms with Crippen LogP contribution >= 0.6 is 12.2 Å². The number of carbonyl (C=O) groups excluding carboxylic acids is 1. The fraction of sp³-hybridized carbons (Fsp3) is 0.667. The van der Waals surface area contributed by atoms with E-state index < -0.39 is 0 Å². The molecule has 0 aromatic heterocycles. The molecule has 0 saturated carbocycles. The summed E-state index contributed by atoms with van der Waals surface area (Å²) in [5, 5.41) is 5.57. The molecule has 0 atom stereocenters. The molecule has 0 aliphatic heterocycles. The van der Waals surface area contributed by atoms with Crippen LogP contribution in [0.15, 0.2) is 0 Å². The molecule has 0 aromatic carbocycles. The van der Waals surface area contributed by atoms with Crippen LogP contribution < -0.4 is 21.9 Å². The van der Waals surface area contributed by atoms with Gasteiger partial charge in [0.15, 0.2) is 5.11 Å². The number of thiocarbonyl (C=S) groups is 1. The Balaban J connectivity index is 3.37. The van der Waals surface area contributed by atoms with E-state index in [0.29, 0.717) is 6.54 Å². The molecule has 0 spiro atoms. The molecule has 0 saturated heterocycles. The molecule has 0 bridgehead atoms. The lowest BCUT2D eigenvalue weighted by Gasteiger charge is -2.06. The van der Waals surface area contributed by atoms with Crippen LogP contribution in [0.4, 0.5) is 0 Å². The molecule has 0 fully saturated rings. The first-order chi connectivity index (χ1) is 5.70. The highest BCUT2D eigenvalue weighted by atomic mass is 32.1. The third-order valence-corrected chi connectivity index (χ3v) is 1.37. The molecule has 0 radical (unpaired) electrons. The average Bonchev–Trinajstić information content (AvgIpc) is 2.10. The second kappa shape index (κ2) is 6.81. The highest BCUT2D eigenvalue weighted by Gasteiger charge is 1.99. The van der Waals surface area contributed by atoms with Crippen molar-refractivity contribution in [1.29, 1.82) is 0 Å². The van der Waals surface area contributed by atoms with Gasteiger partial charge in [0.1, 0.15) is 0 Å². The van der Waals surface area contributed by atoms with Gasteiger partial charge in [-0.1, -0.05) is 6.92 Å². The number of hydrazine groups is 1. The summed E-state index contributed by atoms with van der Waals surface area (Å²) in [7, 11) is 0. The van der Waals surface area contributed by atoms with Crippen LogP contribution in [0.5, 0.6) is 0 Å². The lowest BCUT2D eigenvalue weighted by Crippen LogP contribution is -2.44. The Morgan fingerprint density at radius 1 is 1.50 bits per heavy atom. The number of nitrogens with two attached hydrogens (primary N) is 1. The van der Waals surface area contributed by atoms with E-state index in [1.807, 2.05) is 6.92 Å². The minimum Gasteiger partial charge on any atom is -0.355 e. The van der Waals surface area contributed by atoms with Crippen LogP contribution in [0.2, 0.25) is 0 Å². The summed E-state index contributed by atoms with van der Waals surface area (Å²) in [5.41, 5.74) is 2.22. The molecule has 6 heteroatoms. The van der Waals surface area contributed by atoms with E-state index in [-0.39, 0.29) is 17.6 Å². The summed E-state index contributed by atoms with van der Waals surface area (Å²) in [6.45, 7) is 2.83. The summed E-state index contributed by atoms with van der Waals surface area (Å²) >= 11 is 4.66. The molecule has 12 heavy (non-hydrogen) atoms. The van der Waals surface area contributed by atoms with Crippen molar-refractivity contribution in [2.75, 3.05) is 13.1 Å². The van der Waals surface area contributed by atoms with Crippen molar-refractivity contribution in [2.45, 2.75) is 13.3 Å². The SMILES string of the molecule is CCCNC(=O)CNC(=S)NN. The van der Waals surface area contributed by atoms with Gasteiger partial charge in [0.2, 0.25) is 5.91 Å². The molecular formula is C6H14N4OS. The van der Waals surface area contributed by atoms with Gasteiger partial charge in [-0.05, 0) is 18.6 Å². The normalized spacial score (nSPS) is 8.83. The highest BCUT2D eigenvalue weighted by Crippen LogP contribution is 1.70. The quantitative estimate of drug-likeness (QED) is 0.256. The maximum atomic E-state index is 10.9. The van der Waals surface area contributed by atoms with Crippen molar-refractivity contribution < 1.29 is 4.79 Å². The Labute approximate surface area is 77.0 Å². The second-order valence-electron chi connectivity index (χ2n) is 2.18. The van der Waals surface area contributed by atoms with Crippen LogP contribution in [-0.4, -0.2) is 24.1 Å². The fourth-order valence-electron chi connectivity index (χ4n) is 0.539. The van der Waals surface area contributed by atoms with Crippen LogP contribution in [-0.2, 0) is 4.79 Å². The van der Waals surface area contributed by atoms with Gasteiger partial charge in [-0.25, -0.2) is 5.84 Å². The number of hydrogen-bond donors (Lipinski definition) is 4. The Morgan fingerprint density at radius 3 is 2.67 bits per heavy atom. The van der Waals surface area contributed by atoms with Crippen molar-refractivity contribution in [3.63, 3.8) is 0 Å². The fourth-order valence-corrected chi connectivity index (χ4v) is 0.611. The molecule has 0 aliphatic rings. The van der Waals surface area contributed by atoms with Crippen LogP contribution in [0, 0.1) is 0 Å². The molecule has 0 unspecified atom stereocenters.